The zero-order valence-corrected chi connectivity index (χ0v) is 22.4. The molecule has 38 heavy (non-hydrogen) atoms. The molecule has 2 saturated carbocycles. The summed E-state index contributed by atoms with van der Waals surface area (Å²) in [6.07, 6.45) is 8.08. The Kier molecular flexibility index (Phi) is 7.69. The van der Waals surface area contributed by atoms with Crippen molar-refractivity contribution in [3.8, 4) is 17.7 Å². The Morgan fingerprint density at radius 1 is 1.11 bits per heavy atom. The molecule has 0 radical (unpaired) electrons. The third-order valence-electron chi connectivity index (χ3n) is 7.03. The molecule has 2 fully saturated rings. The van der Waals surface area contributed by atoms with Crippen LogP contribution in [0.1, 0.15) is 52.9 Å². The Morgan fingerprint density at radius 2 is 1.89 bits per heavy atom. The van der Waals surface area contributed by atoms with Gasteiger partial charge in [0.25, 0.3) is 5.91 Å². The van der Waals surface area contributed by atoms with E-state index in [1.165, 1.54) is 11.3 Å². The number of rotatable bonds is 9. The highest BCUT2D eigenvalue weighted by atomic mass is 32.1. The van der Waals surface area contributed by atoms with Gasteiger partial charge in [-0.2, -0.15) is 5.26 Å². The number of fused-ring (bicyclic) bond motifs is 1. The largest absolute Gasteiger partial charge is 0.493 e. The van der Waals surface area contributed by atoms with Crippen LogP contribution in [0.4, 0.5) is 10.7 Å². The molecule has 5 rings (SSSR count). The van der Waals surface area contributed by atoms with Crippen LogP contribution in [0.15, 0.2) is 23.2 Å². The van der Waals surface area contributed by atoms with Crippen LogP contribution in [0.25, 0.3) is 0 Å². The van der Waals surface area contributed by atoms with Gasteiger partial charge in [0.05, 0.1) is 25.8 Å². The summed E-state index contributed by atoms with van der Waals surface area (Å²) >= 11 is 1.50. The number of guanidine groups is 1. The molecule has 10 nitrogen and oxygen atoms in total. The van der Waals surface area contributed by atoms with Crippen molar-refractivity contribution in [2.24, 2.45) is 16.8 Å². The highest BCUT2D eigenvalue weighted by molar-refractivity contribution is 7.17. The van der Waals surface area contributed by atoms with Gasteiger partial charge in [-0.05, 0) is 68.6 Å². The fourth-order valence-electron chi connectivity index (χ4n) is 4.59. The molecule has 4 N–H and O–H groups in total. The number of nitrogens with zero attached hydrogens (tertiary/aromatic N) is 2. The van der Waals surface area contributed by atoms with Gasteiger partial charge in [0.15, 0.2) is 17.7 Å². The van der Waals surface area contributed by atoms with Crippen LogP contribution in [-0.4, -0.2) is 44.6 Å². The lowest BCUT2D eigenvalue weighted by molar-refractivity contribution is -0.117. The van der Waals surface area contributed by atoms with E-state index in [0.717, 1.165) is 49.0 Å². The Balaban J connectivity index is 1.37. The summed E-state index contributed by atoms with van der Waals surface area (Å²) in [5.41, 5.74) is 2.19. The van der Waals surface area contributed by atoms with Gasteiger partial charge >= 0.3 is 0 Å². The molecule has 0 aliphatic heterocycles. The molecule has 1 unspecified atom stereocenters. The molecule has 3 aliphatic carbocycles. The predicted molar refractivity (Wildman–Crippen MR) is 146 cm³/mol. The van der Waals surface area contributed by atoms with E-state index in [-0.39, 0.29) is 23.8 Å². The van der Waals surface area contributed by atoms with Crippen molar-refractivity contribution < 1.29 is 19.1 Å². The molecule has 11 heteroatoms. The third kappa shape index (κ3) is 6.02. The van der Waals surface area contributed by atoms with Gasteiger partial charge in [0.2, 0.25) is 11.9 Å². The number of carbonyl (C=O) groups is 2. The minimum absolute atomic E-state index is 0.00552. The normalized spacial score (nSPS) is 18.6. The van der Waals surface area contributed by atoms with E-state index in [4.69, 9.17) is 14.5 Å². The third-order valence-corrected chi connectivity index (χ3v) is 8.23. The number of methoxy groups -OCH3 is 2. The smallest absolute Gasteiger partial charge is 0.254 e. The van der Waals surface area contributed by atoms with Gasteiger partial charge in [0.1, 0.15) is 5.00 Å². The standard InChI is InChI=1S/C27H32N6O4S/c1-36-20-9-7-18(12-21(20)37-2)32-27(30-14-28)31-17-8-10-22-19(11-17)23(25(35)29-13-15-3-4-15)26(38-22)33-24(34)16-5-6-16/h7,9,12,15-17H,3-6,8,10-11,13H2,1-2H3,(H,29,35)(H,33,34)(H2,30,31,32). The van der Waals surface area contributed by atoms with Crippen LogP contribution in [0, 0.1) is 23.3 Å². The van der Waals surface area contributed by atoms with Crippen molar-refractivity contribution in [2.45, 2.75) is 51.0 Å². The Labute approximate surface area is 225 Å². The van der Waals surface area contributed by atoms with E-state index in [9.17, 15) is 14.9 Å². The van der Waals surface area contributed by atoms with Crippen LogP contribution in [0.2, 0.25) is 0 Å². The summed E-state index contributed by atoms with van der Waals surface area (Å²) in [5.74, 6) is 1.92. The molecule has 2 aromatic rings. The minimum Gasteiger partial charge on any atom is -0.493 e. The second-order valence-electron chi connectivity index (χ2n) is 9.93. The van der Waals surface area contributed by atoms with Crippen LogP contribution in [0.3, 0.4) is 0 Å². The average molecular weight is 537 g/mol. The molecule has 200 valence electrons. The van der Waals surface area contributed by atoms with Gasteiger partial charge in [-0.1, -0.05) is 0 Å². The van der Waals surface area contributed by atoms with Crippen molar-refractivity contribution in [3.63, 3.8) is 0 Å². The van der Waals surface area contributed by atoms with E-state index in [2.05, 4.69) is 21.3 Å². The highest BCUT2D eigenvalue weighted by Gasteiger charge is 2.34. The monoisotopic (exact) mass is 536 g/mol. The summed E-state index contributed by atoms with van der Waals surface area (Å²) in [7, 11) is 3.13. The maximum absolute atomic E-state index is 13.3. The molecular formula is C27H32N6O4S. The zero-order chi connectivity index (χ0) is 26.6. The van der Waals surface area contributed by atoms with E-state index in [0.29, 0.717) is 52.6 Å². The lowest BCUT2D eigenvalue weighted by Crippen LogP contribution is -2.31. The number of aliphatic imine (C=N–C) groups is 1. The topological polar surface area (TPSA) is 137 Å². The van der Waals surface area contributed by atoms with Gasteiger partial charge < -0.3 is 25.4 Å². The first-order chi connectivity index (χ1) is 18.5. The second-order valence-corrected chi connectivity index (χ2v) is 11.0. The van der Waals surface area contributed by atoms with E-state index < -0.39 is 0 Å². The van der Waals surface area contributed by atoms with Gasteiger partial charge in [0, 0.05) is 29.1 Å². The summed E-state index contributed by atoms with van der Waals surface area (Å²) in [6, 6.07) is 5.20. The van der Waals surface area contributed by atoms with Gasteiger partial charge in [-0.15, -0.1) is 11.3 Å². The fraction of sp³-hybridized carbons (Fsp3) is 0.481. The lowest BCUT2D eigenvalue weighted by atomic mass is 9.91. The Hall–Kier alpha value is -3.78. The number of hydrogen-bond donors (Lipinski definition) is 4. The molecule has 3 aliphatic rings. The summed E-state index contributed by atoms with van der Waals surface area (Å²) in [6.45, 7) is 0.659. The second kappa shape index (κ2) is 11.3. The molecule has 1 atom stereocenters. The summed E-state index contributed by atoms with van der Waals surface area (Å²) in [4.78, 5) is 31.8. The maximum Gasteiger partial charge on any atom is 0.254 e. The average Bonchev–Trinajstić information content (AvgIpc) is 3.84. The number of benzene rings is 1. The number of nitriles is 1. The van der Waals surface area contributed by atoms with E-state index in [1.54, 1.807) is 26.4 Å². The summed E-state index contributed by atoms with van der Waals surface area (Å²) < 4.78 is 10.7. The molecular weight excluding hydrogens is 504 g/mol. The van der Waals surface area contributed by atoms with Gasteiger partial charge in [-0.25, -0.2) is 4.99 Å². The number of ether oxygens (including phenoxy) is 2. The van der Waals surface area contributed by atoms with Crippen LogP contribution in [-0.2, 0) is 17.6 Å². The number of hydrogen-bond acceptors (Lipinski definition) is 7. The zero-order valence-electron chi connectivity index (χ0n) is 21.6. The lowest BCUT2D eigenvalue weighted by Gasteiger charge is -2.21. The number of aryl methyl sites for hydroxylation is 1. The number of carbonyl (C=O) groups excluding carboxylic acids is 2. The molecule has 0 spiro atoms. The molecule has 1 heterocycles. The number of anilines is 2. The SMILES string of the molecule is COc1ccc(NC(=NC2CCc3sc(NC(=O)C4CC4)c(C(=O)NCC4CC4)c3C2)NC#N)cc1OC. The van der Waals surface area contributed by atoms with Crippen LogP contribution in [0.5, 0.6) is 11.5 Å². The number of thiophene rings is 1. The van der Waals surface area contributed by atoms with E-state index in [1.807, 2.05) is 12.3 Å². The Morgan fingerprint density at radius 3 is 2.58 bits per heavy atom. The first-order valence-electron chi connectivity index (χ1n) is 12.9. The van der Waals surface area contributed by atoms with Crippen LogP contribution < -0.4 is 30.7 Å². The molecule has 0 bridgehead atoms. The highest BCUT2D eigenvalue weighted by Crippen LogP contribution is 2.40. The van der Waals surface area contributed by atoms with E-state index >= 15 is 0 Å². The fourth-order valence-corrected chi connectivity index (χ4v) is 5.84. The molecule has 0 saturated heterocycles. The minimum atomic E-state index is -0.150. The first kappa shape index (κ1) is 25.9. The molecule has 1 aromatic heterocycles. The van der Waals surface area contributed by atoms with Crippen LogP contribution >= 0.6 is 11.3 Å². The molecule has 1 aromatic carbocycles. The van der Waals surface area contributed by atoms with Crippen molar-refractivity contribution >= 4 is 39.8 Å². The Bertz CT molecular complexity index is 1290. The molecule has 2 amide bonds. The van der Waals surface area contributed by atoms with Crippen molar-refractivity contribution in [1.82, 2.24) is 10.6 Å². The number of amides is 2. The maximum atomic E-state index is 13.3. The van der Waals surface area contributed by atoms with Crippen molar-refractivity contribution in [1.29, 1.82) is 5.26 Å². The van der Waals surface area contributed by atoms with Crippen molar-refractivity contribution in [3.05, 3.63) is 34.2 Å². The van der Waals surface area contributed by atoms with Gasteiger partial charge in [-0.3, -0.25) is 14.9 Å². The summed E-state index contributed by atoms with van der Waals surface area (Å²) in [5, 5.41) is 21.9. The first-order valence-corrected chi connectivity index (χ1v) is 13.8. The quantitative estimate of drug-likeness (QED) is 0.166. The predicted octanol–water partition coefficient (Wildman–Crippen LogP) is 3.65. The number of nitrogens with one attached hydrogen (secondary N) is 4. The van der Waals surface area contributed by atoms with Crippen molar-refractivity contribution in [2.75, 3.05) is 31.4 Å².